The molecule has 0 aromatic rings. The van der Waals surface area contributed by atoms with Crippen LogP contribution in [0.1, 0.15) is 48.5 Å². The summed E-state index contributed by atoms with van der Waals surface area (Å²) in [7, 11) is 0. The Labute approximate surface area is 849 Å². The highest BCUT2D eigenvalue weighted by atomic mass is 16.8. The van der Waals surface area contributed by atoms with Crippen LogP contribution in [0.25, 0.3) is 0 Å². The molecule has 12 rings (SSSR count). The average molecular weight is 2190 g/mol. The molecule has 12 heterocycles. The van der Waals surface area contributed by atoms with E-state index in [1.165, 1.54) is 6.92 Å². The number of hydrogen-bond acceptors (Lipinski definition) is 60. The van der Waals surface area contributed by atoms with Crippen LogP contribution in [-0.2, 0) is 138 Å². The molecule has 66 heteroatoms. The third-order valence-electron chi connectivity index (χ3n) is 27.4. The van der Waals surface area contributed by atoms with Gasteiger partial charge >= 0.3 is 0 Å². The smallest absolute Gasteiger partial charge is 0.217 e. The van der Waals surface area contributed by atoms with Crippen molar-refractivity contribution in [2.75, 3.05) is 72.7 Å². The largest absolute Gasteiger partial charge is 0.394 e. The number of aliphatic hydroxyl groups is 31. The van der Waals surface area contributed by atoms with Crippen LogP contribution in [0.5, 0.6) is 0 Å². The zero-order valence-corrected chi connectivity index (χ0v) is 81.1. The summed E-state index contributed by atoms with van der Waals surface area (Å²) in [5, 5.41) is 366. The maximum Gasteiger partial charge on any atom is 0.217 e. The van der Waals surface area contributed by atoms with Crippen LogP contribution in [0.4, 0.5) is 0 Å². The first-order chi connectivity index (χ1) is 70.9. The van der Waals surface area contributed by atoms with Crippen LogP contribution >= 0.6 is 0 Å². The first kappa shape index (κ1) is 123. The van der Waals surface area contributed by atoms with Gasteiger partial charge < -0.3 is 299 Å². The fourth-order valence-electron chi connectivity index (χ4n) is 19.5. The summed E-state index contributed by atoms with van der Waals surface area (Å²) >= 11 is 0. The van der Waals surface area contributed by atoms with E-state index in [1.807, 2.05) is 0 Å². The second kappa shape index (κ2) is 54.0. The monoisotopic (exact) mass is 2190 g/mol. The van der Waals surface area contributed by atoms with Gasteiger partial charge in [0, 0.05) is 41.5 Å². The molecule has 12 aliphatic heterocycles. The third kappa shape index (κ3) is 27.7. The van der Waals surface area contributed by atoms with E-state index in [-0.39, 0.29) is 0 Å². The molecule has 0 spiro atoms. The Bertz CT molecular complexity index is 4250. The van der Waals surface area contributed by atoms with Crippen LogP contribution in [0.15, 0.2) is 0 Å². The van der Waals surface area contributed by atoms with Crippen molar-refractivity contribution in [3.05, 3.63) is 0 Å². The van der Waals surface area contributed by atoms with Crippen molar-refractivity contribution >= 4 is 35.4 Å². The summed E-state index contributed by atoms with van der Waals surface area (Å²) in [5.41, 5.74) is 0. The van der Waals surface area contributed by atoms with E-state index in [1.54, 1.807) is 0 Å². The summed E-state index contributed by atoms with van der Waals surface area (Å²) in [6.07, 6.45) is -116. The topological polar surface area (TPSA) is 1010 Å². The highest BCUT2D eigenvalue weighted by molar-refractivity contribution is 5.75. The second-order valence-corrected chi connectivity index (χ2v) is 38.1. The van der Waals surface area contributed by atoms with Gasteiger partial charge in [-0.05, 0) is 6.92 Å². The summed E-state index contributed by atoms with van der Waals surface area (Å²) in [6, 6.07) is -11.8. The van der Waals surface area contributed by atoms with Crippen LogP contribution in [-0.4, -0.2) is 635 Å². The van der Waals surface area contributed by atoms with E-state index >= 15 is 0 Å². The van der Waals surface area contributed by atoms with E-state index in [9.17, 15) is 187 Å². The summed E-state index contributed by atoms with van der Waals surface area (Å²) < 4.78 is 139. The number of aliphatic hydroxyl groups excluding tert-OH is 31. The molecule has 12 aliphatic rings. The van der Waals surface area contributed by atoms with Crippen molar-refractivity contribution < 1.29 is 296 Å². The van der Waals surface area contributed by atoms with Gasteiger partial charge in [0.05, 0.1) is 78.8 Å². The molecular weight excluding hydrogens is 2050 g/mol. The molecule has 0 aromatic carbocycles. The minimum atomic E-state index is -2.76. The Morgan fingerprint density at radius 1 is 0.187 bits per heavy atom. The molecule has 0 aromatic heterocycles. The van der Waals surface area contributed by atoms with Crippen molar-refractivity contribution in [3.8, 4) is 0 Å². The molecule has 66 nitrogen and oxygen atoms in total. The fourth-order valence-corrected chi connectivity index (χ4v) is 19.5. The quantitative estimate of drug-likeness (QED) is 0.0272. The van der Waals surface area contributed by atoms with Gasteiger partial charge in [0.2, 0.25) is 35.4 Å². The average Bonchev–Trinajstić information content (AvgIpc) is 0.765. The van der Waals surface area contributed by atoms with E-state index in [2.05, 4.69) is 31.9 Å². The van der Waals surface area contributed by atoms with Crippen LogP contribution in [0, 0.1) is 0 Å². The first-order valence-corrected chi connectivity index (χ1v) is 48.0. The molecule has 12 saturated heterocycles. The fraction of sp³-hybridized carbons (Fsp3) is 0.929. The van der Waals surface area contributed by atoms with Crippen molar-refractivity contribution in [1.82, 2.24) is 31.9 Å². The van der Waals surface area contributed by atoms with E-state index < -0.39 is 476 Å². The molecule has 6 amide bonds. The SMILES string of the molecule is CC(=O)N[C@H]1[C@H](O[C@H]2[C@H](O)[C@@H](NC(C)=O)C(O)O[C@@H]2CO[C@@H]2O[C@@H](C)[C@@H](O)[C@@H](O)[C@@H]2O)O[C@H](CO)[C@@H](O[C@@H]2O[C@H](CO[C@H]3O[C@H](CO[C@@H]4O[C@H](CO)[C@@H](O[C@@H]5O[C@H](CO)[C@H](O)[C@H](O)[C@H]5O)[C@H](O)[C@H]4NC(C)=O)[C@@H](O)[C@H](O)[C@@H]3O[C@@H]3O[C@H](CO)[C@@H](O[C@@H]4O[C@H](CO)[C@H](O)[C@H](O)[C@H]4NC(C)=O)[C@H](O)[C@H]3NC(C)=O)[C@@H](O)[C@H](O[C@H]3O[C@H](CO)[C@@H](O)[C@H](O)[C@@H]3O[C@@H]3O[C@H](CO)[C@@H](O[C@@H]4O[C@H](CO)[C@H](O)[C@H](O)[C@H]4O)[C@H](O)[C@H]3NC(C)=O)[C@@H]2O)[C@@H]1O. The first-order valence-electron chi connectivity index (χ1n) is 48.0. The van der Waals surface area contributed by atoms with Gasteiger partial charge in [-0.15, -0.1) is 0 Å². The molecule has 37 N–H and O–H groups in total. The number of carbonyl (C=O) groups is 6. The molecule has 12 fully saturated rings. The van der Waals surface area contributed by atoms with Gasteiger partial charge in [-0.25, -0.2) is 0 Å². The molecular formula is C84H140N6O60. The Hall–Kier alpha value is -5.34. The van der Waals surface area contributed by atoms with Gasteiger partial charge in [-0.1, -0.05) is 0 Å². The second-order valence-electron chi connectivity index (χ2n) is 38.1. The Morgan fingerprint density at radius 2 is 0.420 bits per heavy atom. The maximum atomic E-state index is 13.5. The summed E-state index contributed by atoms with van der Waals surface area (Å²) in [6.45, 7) is -5.94. The standard InChI is InChI=1S/C84H140N6O60/c1-19-43(105)56(118)61(123)79(131-19)129-18-36-69(51(113)37(73(127)132-36)85-20(2)99)144-76-40(88-23(5)102)54(116)68(33(15-98)138-76)147-82-64(126)70(148-84-72(59(121)47(109)29(11-94)136-84)150-78-42(90-25(7)104)55(117)67(32(14-97)140-78)146-81-63(125)58(120)46(108)28(10-93)135-81)49(111)35(141-82)17-130-83-71(149-77-41(89-24(6)103)53(115)65(31(13-96)139-77)143-75-38(86-21(3)100)50(112)44(106)26(8-91)133-75)60(122)48(110)34(142-83)16-128-74-39(87-22(4)101)52(114)66(30(12-95)137-74)145-80-62(124)57(119)45(107)27(9-92)134-80/h19,26-84,91-98,105-127H,8-18H2,1-7H3,(H,85,99)(H,86,100)(H,87,101)(H,88,102)(H,89,103)(H,90,104)/t19-,26+,27+,28+,29+,30+,31+,32+,33+,34+,35+,36+,37+,38+,39+,40+,41+,42+,43+,44-,45-,46-,47+,48+,49+,50+,51+,52+,53+,54+,55+,56+,57-,58-,59-,60-,61-,62+,63+,64-,65+,66+,67+,68+,69+,70-,71-,72-,73?,74+,75-,76-,77-,78-,79+,80-,81-,82-,83-,84+/m0/s1. The van der Waals surface area contributed by atoms with Crippen LogP contribution in [0.2, 0.25) is 0 Å². The summed E-state index contributed by atoms with van der Waals surface area (Å²) in [5.74, 6) is -5.83. The lowest BCUT2D eigenvalue weighted by atomic mass is 9.93. The van der Waals surface area contributed by atoms with E-state index in [0.29, 0.717) is 0 Å². The van der Waals surface area contributed by atoms with Gasteiger partial charge in [-0.2, -0.15) is 0 Å². The molecule has 0 aliphatic carbocycles. The Kier molecular flexibility index (Phi) is 44.4. The number of amides is 6. The van der Waals surface area contributed by atoms with E-state index in [4.69, 9.17) is 109 Å². The normalized spacial score (nSPS) is 48.8. The number of carbonyl (C=O) groups excluding carboxylic acids is 6. The summed E-state index contributed by atoms with van der Waals surface area (Å²) in [4.78, 5) is 78.4. The van der Waals surface area contributed by atoms with Crippen molar-refractivity contribution in [2.24, 2.45) is 0 Å². The minimum Gasteiger partial charge on any atom is -0.394 e. The molecule has 0 radical (unpaired) electrons. The lowest BCUT2D eigenvalue weighted by molar-refractivity contribution is -0.399. The van der Waals surface area contributed by atoms with Crippen molar-refractivity contribution in [3.63, 3.8) is 0 Å². The van der Waals surface area contributed by atoms with Gasteiger partial charge in [-0.3, -0.25) is 28.8 Å². The number of rotatable bonds is 39. The lowest BCUT2D eigenvalue weighted by Gasteiger charge is -2.51. The Morgan fingerprint density at radius 3 is 0.807 bits per heavy atom. The minimum absolute atomic E-state index is 0.868. The number of hydrogen-bond donors (Lipinski definition) is 37. The highest BCUT2D eigenvalue weighted by Gasteiger charge is 2.64. The zero-order valence-electron chi connectivity index (χ0n) is 81.1. The number of nitrogens with one attached hydrogen (secondary N) is 6. The third-order valence-corrected chi connectivity index (χ3v) is 27.4. The molecule has 0 bridgehead atoms. The van der Waals surface area contributed by atoms with Gasteiger partial charge in [0.1, 0.15) is 287 Å². The molecule has 150 heavy (non-hydrogen) atoms. The van der Waals surface area contributed by atoms with E-state index in [0.717, 1.165) is 41.5 Å². The Balaban J connectivity index is 0.920. The van der Waals surface area contributed by atoms with Gasteiger partial charge in [0.15, 0.2) is 75.5 Å². The number of ether oxygens (including phenoxy) is 23. The maximum absolute atomic E-state index is 13.5. The predicted octanol–water partition coefficient (Wildman–Crippen LogP) is -25.3. The van der Waals surface area contributed by atoms with Crippen LogP contribution in [0.3, 0.4) is 0 Å². The highest BCUT2D eigenvalue weighted by Crippen LogP contribution is 2.43. The lowest BCUT2D eigenvalue weighted by Crippen LogP contribution is -2.71. The van der Waals surface area contributed by atoms with Crippen molar-refractivity contribution in [1.29, 1.82) is 0 Å². The molecule has 866 valence electrons. The van der Waals surface area contributed by atoms with Crippen LogP contribution < -0.4 is 31.9 Å². The molecule has 0 saturated carbocycles. The molecule has 1 unspecified atom stereocenters. The van der Waals surface area contributed by atoms with Gasteiger partial charge in [0.25, 0.3) is 0 Å². The molecule has 60 atom stereocenters. The zero-order chi connectivity index (χ0) is 110. The predicted molar refractivity (Wildman–Crippen MR) is 463 cm³/mol. The van der Waals surface area contributed by atoms with Crippen molar-refractivity contribution in [2.45, 2.75) is 417 Å².